The summed E-state index contributed by atoms with van der Waals surface area (Å²) in [4.78, 5) is 11.6. The van der Waals surface area contributed by atoms with Crippen LogP contribution in [0.15, 0.2) is 0 Å². The maximum atomic E-state index is 11.6. The van der Waals surface area contributed by atoms with Gasteiger partial charge in [-0.05, 0) is 56.3 Å². The van der Waals surface area contributed by atoms with Crippen molar-refractivity contribution in [2.45, 2.75) is 38.5 Å². The first-order valence-corrected chi connectivity index (χ1v) is 7.79. The van der Waals surface area contributed by atoms with E-state index < -0.39 is 0 Å². The Labute approximate surface area is 116 Å². The highest BCUT2D eigenvalue weighted by Crippen LogP contribution is 2.60. The van der Waals surface area contributed by atoms with Crippen molar-refractivity contribution in [1.29, 1.82) is 0 Å². The van der Waals surface area contributed by atoms with Crippen LogP contribution < -0.4 is 0 Å². The monoisotopic (exact) mass is 266 g/mol. The normalized spacial score (nSPS) is 40.5. The van der Waals surface area contributed by atoms with Crippen LogP contribution in [-0.2, 0) is 9.53 Å². The van der Waals surface area contributed by atoms with E-state index >= 15 is 0 Å². The second kappa shape index (κ2) is 4.47. The molecule has 3 nitrogen and oxygen atoms in total. The number of quaternary nitrogens is 1. The molecule has 4 aliphatic carbocycles. The van der Waals surface area contributed by atoms with E-state index in [4.69, 9.17) is 4.74 Å². The maximum Gasteiger partial charge on any atom is 0.361 e. The predicted molar refractivity (Wildman–Crippen MR) is 74.5 cm³/mol. The van der Waals surface area contributed by atoms with Crippen LogP contribution in [0.1, 0.15) is 38.5 Å². The minimum absolute atomic E-state index is 0.0743. The first kappa shape index (κ1) is 13.4. The fraction of sp³-hybridized carbons (Fsp3) is 0.938. The summed E-state index contributed by atoms with van der Waals surface area (Å²) in [6.07, 6.45) is 8.72. The second-order valence-electron chi connectivity index (χ2n) is 8.25. The van der Waals surface area contributed by atoms with Crippen molar-refractivity contribution >= 4 is 5.97 Å². The number of nitrogens with zero attached hydrogens (tertiary/aromatic N) is 1. The van der Waals surface area contributed by atoms with E-state index in [1.165, 1.54) is 45.6 Å². The van der Waals surface area contributed by atoms with E-state index in [2.05, 4.69) is 14.1 Å². The van der Waals surface area contributed by atoms with Crippen LogP contribution in [0.4, 0.5) is 0 Å². The summed E-state index contributed by atoms with van der Waals surface area (Å²) in [7, 11) is 5.87. The van der Waals surface area contributed by atoms with Gasteiger partial charge in [0.25, 0.3) is 0 Å². The Kier molecular flexibility index (Phi) is 3.16. The number of hydrogen-bond donors (Lipinski definition) is 0. The summed E-state index contributed by atoms with van der Waals surface area (Å²) >= 11 is 0. The molecule has 4 rings (SSSR count). The Balaban J connectivity index is 1.70. The molecule has 4 bridgehead atoms. The molecule has 3 heteroatoms. The minimum Gasteiger partial charge on any atom is -0.465 e. The molecule has 0 amide bonds. The number of ether oxygens (including phenoxy) is 1. The molecule has 0 aromatic heterocycles. The van der Waals surface area contributed by atoms with Gasteiger partial charge >= 0.3 is 5.97 Å². The van der Waals surface area contributed by atoms with Crippen LogP contribution in [0.5, 0.6) is 0 Å². The lowest BCUT2D eigenvalue weighted by Gasteiger charge is -2.57. The van der Waals surface area contributed by atoms with Gasteiger partial charge in [0.1, 0.15) is 0 Å². The lowest BCUT2D eigenvalue weighted by Crippen LogP contribution is -2.56. The molecule has 0 heterocycles. The molecule has 0 aliphatic heterocycles. The first-order valence-electron chi connectivity index (χ1n) is 7.79. The molecule has 4 saturated carbocycles. The van der Waals surface area contributed by atoms with Crippen LogP contribution in [0.3, 0.4) is 0 Å². The Bertz CT molecular complexity index is 340. The third kappa shape index (κ3) is 2.67. The fourth-order valence-corrected chi connectivity index (χ4v) is 5.86. The number of carbonyl (C=O) groups excluding carboxylic acids is 1. The van der Waals surface area contributed by atoms with Crippen molar-refractivity contribution in [2.75, 3.05) is 34.3 Å². The van der Waals surface area contributed by atoms with E-state index in [-0.39, 0.29) is 5.97 Å². The molecule has 0 atom stereocenters. The van der Waals surface area contributed by atoms with Gasteiger partial charge in [0, 0.05) is 5.41 Å². The molecule has 19 heavy (non-hydrogen) atoms. The number of esters is 1. The zero-order valence-corrected chi connectivity index (χ0v) is 12.7. The average Bonchev–Trinajstić information content (AvgIpc) is 2.24. The Morgan fingerprint density at radius 2 is 1.58 bits per heavy atom. The van der Waals surface area contributed by atoms with Gasteiger partial charge in [-0.1, -0.05) is 0 Å². The summed E-state index contributed by atoms with van der Waals surface area (Å²) in [6.45, 7) is 1.67. The zero-order chi connectivity index (χ0) is 13.7. The smallest absolute Gasteiger partial charge is 0.361 e. The molecule has 0 N–H and O–H groups in total. The van der Waals surface area contributed by atoms with E-state index in [1.54, 1.807) is 0 Å². The van der Waals surface area contributed by atoms with Gasteiger partial charge in [0.2, 0.25) is 0 Å². The second-order valence-corrected chi connectivity index (χ2v) is 8.25. The summed E-state index contributed by atoms with van der Waals surface area (Å²) in [5, 5.41) is 0. The number of rotatable bonds is 4. The third-order valence-corrected chi connectivity index (χ3v) is 5.71. The van der Waals surface area contributed by atoms with E-state index in [0.717, 1.165) is 28.8 Å². The van der Waals surface area contributed by atoms with Crippen molar-refractivity contribution in [2.24, 2.45) is 23.2 Å². The van der Waals surface area contributed by atoms with Crippen molar-refractivity contribution in [3.8, 4) is 0 Å². The summed E-state index contributed by atoms with van der Waals surface area (Å²) in [5.41, 5.74) is 0.534. The average molecular weight is 266 g/mol. The maximum absolute atomic E-state index is 11.6. The fourth-order valence-electron chi connectivity index (χ4n) is 5.86. The van der Waals surface area contributed by atoms with Crippen molar-refractivity contribution in [1.82, 2.24) is 0 Å². The van der Waals surface area contributed by atoms with Crippen molar-refractivity contribution in [3.05, 3.63) is 0 Å². The lowest BCUT2D eigenvalue weighted by atomic mass is 9.49. The van der Waals surface area contributed by atoms with Crippen LogP contribution >= 0.6 is 0 Å². The topological polar surface area (TPSA) is 26.3 Å². The highest BCUT2D eigenvalue weighted by Gasteiger charge is 2.53. The van der Waals surface area contributed by atoms with Gasteiger partial charge in [-0.25, -0.2) is 4.79 Å². The standard InChI is InChI=1S/C16H28NO2/c1-17(2,10-15(18)19-3)11-16-7-12-4-13(8-16)6-14(5-12)9-16/h12-14H,4-11H2,1-3H3/q+1. The summed E-state index contributed by atoms with van der Waals surface area (Å²) in [6, 6.07) is 0. The third-order valence-electron chi connectivity index (χ3n) is 5.71. The quantitative estimate of drug-likeness (QED) is 0.577. The van der Waals surface area contributed by atoms with Crippen LogP contribution in [-0.4, -0.2) is 44.7 Å². The molecular formula is C16H28NO2+. The molecule has 0 aromatic carbocycles. The summed E-state index contributed by atoms with van der Waals surface area (Å²) < 4.78 is 5.64. The van der Waals surface area contributed by atoms with Crippen LogP contribution in [0.2, 0.25) is 0 Å². The molecule has 0 unspecified atom stereocenters. The Morgan fingerprint density at radius 1 is 1.11 bits per heavy atom. The van der Waals surface area contributed by atoms with E-state index in [1.807, 2.05) is 0 Å². The van der Waals surface area contributed by atoms with E-state index in [9.17, 15) is 4.79 Å². The highest BCUT2D eigenvalue weighted by molar-refractivity contribution is 5.70. The van der Waals surface area contributed by atoms with Gasteiger partial charge in [0.15, 0.2) is 6.54 Å². The molecule has 108 valence electrons. The molecular weight excluding hydrogens is 238 g/mol. The molecule has 0 aromatic rings. The predicted octanol–water partition coefficient (Wildman–Crippen LogP) is 2.45. The van der Waals surface area contributed by atoms with E-state index in [0.29, 0.717) is 12.0 Å². The molecule has 0 spiro atoms. The first-order chi connectivity index (χ1) is 8.90. The molecule has 4 aliphatic rings. The van der Waals surface area contributed by atoms with Crippen LogP contribution in [0, 0.1) is 23.2 Å². The van der Waals surface area contributed by atoms with Crippen molar-refractivity contribution < 1.29 is 14.0 Å². The van der Waals surface area contributed by atoms with Gasteiger partial charge < -0.3 is 9.22 Å². The number of hydrogen-bond acceptors (Lipinski definition) is 2. The number of methoxy groups -OCH3 is 1. The van der Waals surface area contributed by atoms with Gasteiger partial charge in [-0.15, -0.1) is 0 Å². The van der Waals surface area contributed by atoms with Crippen molar-refractivity contribution in [3.63, 3.8) is 0 Å². The largest absolute Gasteiger partial charge is 0.465 e. The van der Waals surface area contributed by atoms with Gasteiger partial charge in [-0.3, -0.25) is 0 Å². The molecule has 0 radical (unpaired) electrons. The Hall–Kier alpha value is -0.570. The zero-order valence-electron chi connectivity index (χ0n) is 12.7. The van der Waals surface area contributed by atoms with Gasteiger partial charge in [-0.2, -0.15) is 0 Å². The SMILES string of the molecule is COC(=O)C[N+](C)(C)CC12CC3CC(CC(C3)C1)C2. The Morgan fingerprint density at radius 3 is 2.00 bits per heavy atom. The minimum atomic E-state index is -0.0743. The highest BCUT2D eigenvalue weighted by atomic mass is 16.5. The van der Waals surface area contributed by atoms with Gasteiger partial charge in [0.05, 0.1) is 27.7 Å². The van der Waals surface area contributed by atoms with Crippen LogP contribution in [0.25, 0.3) is 0 Å². The number of likely N-dealkylation sites (N-methyl/N-ethyl adjacent to an activating group) is 1. The molecule has 4 fully saturated rings. The lowest BCUT2D eigenvalue weighted by molar-refractivity contribution is -0.890. The summed E-state index contributed by atoms with van der Waals surface area (Å²) in [5.74, 6) is 2.90. The molecule has 0 saturated heterocycles. The number of carbonyl (C=O) groups is 1.